The maximum absolute atomic E-state index is 13.8. The molecule has 0 N–H and O–H groups in total. The number of ether oxygens (including phenoxy) is 2. The minimum Gasteiger partial charge on any atom is -0.491 e. The largest absolute Gasteiger partial charge is 0.491 e. The SMILES string of the molecule is Cn1nccc1C(=O)N1CCOCCOc2ccc(F)cc2Cc2cccc(c2)C1. The zero-order valence-electron chi connectivity index (χ0n) is 16.9. The van der Waals surface area contributed by atoms with Crippen LogP contribution in [0.2, 0.25) is 0 Å². The average Bonchev–Trinajstić information content (AvgIpc) is 3.16. The van der Waals surface area contributed by atoms with E-state index in [1.54, 1.807) is 35.0 Å². The van der Waals surface area contributed by atoms with Gasteiger partial charge >= 0.3 is 0 Å². The van der Waals surface area contributed by atoms with Crippen molar-refractivity contribution in [3.8, 4) is 5.75 Å². The fourth-order valence-corrected chi connectivity index (χ4v) is 3.59. The van der Waals surface area contributed by atoms with Crippen molar-refractivity contribution in [3.05, 3.63) is 82.9 Å². The number of nitrogens with zero attached hydrogens (tertiary/aromatic N) is 3. The molecule has 0 saturated heterocycles. The number of aryl methyl sites for hydroxylation is 1. The summed E-state index contributed by atoms with van der Waals surface area (Å²) in [4.78, 5) is 14.8. The Morgan fingerprint density at radius 2 is 1.93 bits per heavy atom. The van der Waals surface area contributed by atoms with Gasteiger partial charge in [-0.1, -0.05) is 24.3 Å². The maximum Gasteiger partial charge on any atom is 0.272 e. The lowest BCUT2D eigenvalue weighted by atomic mass is 10.0. The van der Waals surface area contributed by atoms with Gasteiger partial charge in [0.2, 0.25) is 0 Å². The lowest BCUT2D eigenvalue weighted by Crippen LogP contribution is -2.35. The first-order chi connectivity index (χ1) is 14.6. The van der Waals surface area contributed by atoms with Gasteiger partial charge in [-0.05, 0) is 35.4 Å². The molecule has 1 aliphatic rings. The number of benzene rings is 2. The second kappa shape index (κ2) is 9.09. The molecule has 1 amide bonds. The first-order valence-electron chi connectivity index (χ1n) is 9.94. The van der Waals surface area contributed by atoms with E-state index in [0.29, 0.717) is 50.8 Å². The Morgan fingerprint density at radius 3 is 2.77 bits per heavy atom. The Hall–Kier alpha value is -3.19. The van der Waals surface area contributed by atoms with Gasteiger partial charge in [0.05, 0.1) is 13.2 Å². The standard InChI is InChI=1S/C23H24FN3O3/c1-26-21(7-8-25-26)23(28)27-9-10-29-11-12-30-22-6-5-20(24)15-19(22)14-17-3-2-4-18(13-17)16-27/h2-8,13,15H,9-12,14,16H2,1H3. The van der Waals surface area contributed by atoms with Gasteiger partial charge in [-0.15, -0.1) is 0 Å². The van der Waals surface area contributed by atoms with E-state index in [1.165, 1.54) is 12.1 Å². The summed E-state index contributed by atoms with van der Waals surface area (Å²) in [6.07, 6.45) is 2.15. The number of amides is 1. The molecule has 6 nitrogen and oxygen atoms in total. The lowest BCUT2D eigenvalue weighted by Gasteiger charge is -2.23. The fraction of sp³-hybridized carbons (Fsp3) is 0.304. The van der Waals surface area contributed by atoms with Gasteiger partial charge in [0.25, 0.3) is 5.91 Å². The minimum absolute atomic E-state index is 0.0974. The van der Waals surface area contributed by atoms with E-state index >= 15 is 0 Å². The van der Waals surface area contributed by atoms with Crippen LogP contribution in [-0.2, 0) is 24.8 Å². The number of halogens is 1. The topological polar surface area (TPSA) is 56.6 Å². The molecule has 7 heteroatoms. The molecule has 1 aromatic heterocycles. The number of fused-ring (bicyclic) bond motifs is 3. The molecular weight excluding hydrogens is 385 g/mol. The Balaban J connectivity index is 1.63. The van der Waals surface area contributed by atoms with Crippen LogP contribution >= 0.6 is 0 Å². The highest BCUT2D eigenvalue weighted by molar-refractivity contribution is 5.92. The molecule has 156 valence electrons. The highest BCUT2D eigenvalue weighted by Crippen LogP contribution is 2.24. The fourth-order valence-electron chi connectivity index (χ4n) is 3.59. The third-order valence-electron chi connectivity index (χ3n) is 5.10. The van der Waals surface area contributed by atoms with Crippen LogP contribution in [0.25, 0.3) is 0 Å². The van der Waals surface area contributed by atoms with Crippen LogP contribution in [0, 0.1) is 5.82 Å². The quantitative estimate of drug-likeness (QED) is 0.619. The van der Waals surface area contributed by atoms with Crippen LogP contribution in [0.5, 0.6) is 5.75 Å². The Bertz CT molecular complexity index is 1030. The van der Waals surface area contributed by atoms with Crippen molar-refractivity contribution in [2.24, 2.45) is 7.05 Å². The molecule has 0 unspecified atom stereocenters. The molecule has 0 fully saturated rings. The molecular formula is C23H24FN3O3. The molecule has 0 aliphatic carbocycles. The summed E-state index contributed by atoms with van der Waals surface area (Å²) in [7, 11) is 1.75. The molecule has 0 atom stereocenters. The Labute approximate surface area is 174 Å². The van der Waals surface area contributed by atoms with Gasteiger partial charge in [-0.2, -0.15) is 5.10 Å². The monoisotopic (exact) mass is 409 g/mol. The summed E-state index contributed by atoms with van der Waals surface area (Å²) < 4.78 is 26.9. The van der Waals surface area contributed by atoms with Crippen molar-refractivity contribution >= 4 is 5.91 Å². The predicted molar refractivity (Wildman–Crippen MR) is 110 cm³/mol. The van der Waals surface area contributed by atoms with Crippen LogP contribution in [0.15, 0.2) is 54.7 Å². The van der Waals surface area contributed by atoms with Crippen LogP contribution in [-0.4, -0.2) is 47.0 Å². The normalized spacial score (nSPS) is 15.1. The van der Waals surface area contributed by atoms with Crippen molar-refractivity contribution in [2.75, 3.05) is 26.4 Å². The van der Waals surface area contributed by atoms with Crippen LogP contribution in [0.4, 0.5) is 4.39 Å². The first-order valence-corrected chi connectivity index (χ1v) is 9.94. The van der Waals surface area contributed by atoms with Crippen molar-refractivity contribution in [3.63, 3.8) is 0 Å². The molecule has 0 spiro atoms. The van der Waals surface area contributed by atoms with Gasteiger partial charge in [0, 0.05) is 38.3 Å². The molecule has 2 aromatic carbocycles. The van der Waals surface area contributed by atoms with Crippen LogP contribution in [0.1, 0.15) is 27.2 Å². The van der Waals surface area contributed by atoms with Gasteiger partial charge in [-0.3, -0.25) is 9.48 Å². The number of carbonyl (C=O) groups excluding carboxylic acids is 1. The second-order valence-electron chi connectivity index (χ2n) is 7.28. The van der Waals surface area contributed by atoms with Crippen LogP contribution in [0.3, 0.4) is 0 Å². The summed E-state index contributed by atoms with van der Waals surface area (Å²) in [5, 5.41) is 4.10. The number of aromatic nitrogens is 2. The Kier molecular flexibility index (Phi) is 6.09. The molecule has 4 rings (SSSR count). The van der Waals surface area contributed by atoms with Crippen molar-refractivity contribution in [1.82, 2.24) is 14.7 Å². The second-order valence-corrected chi connectivity index (χ2v) is 7.28. The maximum atomic E-state index is 13.8. The molecule has 30 heavy (non-hydrogen) atoms. The number of hydrogen-bond donors (Lipinski definition) is 0. The molecule has 3 aromatic rings. The van der Waals surface area contributed by atoms with Gasteiger partial charge < -0.3 is 14.4 Å². The number of rotatable bonds is 1. The van der Waals surface area contributed by atoms with Gasteiger partial charge in [0.15, 0.2) is 0 Å². The van der Waals surface area contributed by atoms with E-state index in [2.05, 4.69) is 5.10 Å². The summed E-state index contributed by atoms with van der Waals surface area (Å²) in [5.41, 5.74) is 3.34. The summed E-state index contributed by atoms with van der Waals surface area (Å²) in [6.45, 7) is 2.04. The smallest absolute Gasteiger partial charge is 0.272 e. The molecule has 0 saturated carbocycles. The lowest BCUT2D eigenvalue weighted by molar-refractivity contribution is 0.0563. The van der Waals surface area contributed by atoms with E-state index in [1.807, 2.05) is 24.3 Å². The van der Waals surface area contributed by atoms with Crippen molar-refractivity contribution < 1.29 is 18.7 Å². The number of carbonyl (C=O) groups is 1. The summed E-state index contributed by atoms with van der Waals surface area (Å²) in [6, 6.07) is 14.3. The predicted octanol–water partition coefficient (Wildman–Crippen LogP) is 3.20. The zero-order chi connectivity index (χ0) is 20.9. The first kappa shape index (κ1) is 20.1. The third-order valence-corrected chi connectivity index (χ3v) is 5.10. The minimum atomic E-state index is -0.293. The van der Waals surface area contributed by atoms with E-state index in [-0.39, 0.29) is 11.7 Å². The van der Waals surface area contributed by atoms with E-state index in [0.717, 1.165) is 16.7 Å². The van der Waals surface area contributed by atoms with Crippen molar-refractivity contribution in [1.29, 1.82) is 0 Å². The third kappa shape index (κ3) is 4.68. The molecule has 0 radical (unpaired) electrons. The van der Waals surface area contributed by atoms with E-state index in [9.17, 15) is 9.18 Å². The van der Waals surface area contributed by atoms with Crippen LogP contribution < -0.4 is 4.74 Å². The van der Waals surface area contributed by atoms with Gasteiger partial charge in [0.1, 0.15) is 23.9 Å². The van der Waals surface area contributed by atoms with E-state index < -0.39 is 0 Å². The zero-order valence-corrected chi connectivity index (χ0v) is 16.9. The highest BCUT2D eigenvalue weighted by atomic mass is 19.1. The number of hydrogen-bond acceptors (Lipinski definition) is 4. The van der Waals surface area contributed by atoms with Gasteiger partial charge in [-0.25, -0.2) is 4.39 Å². The molecule has 2 bridgehead atoms. The Morgan fingerprint density at radius 1 is 1.07 bits per heavy atom. The molecule has 2 heterocycles. The summed E-state index contributed by atoms with van der Waals surface area (Å²) in [5.74, 6) is 0.272. The highest BCUT2D eigenvalue weighted by Gasteiger charge is 2.19. The average molecular weight is 409 g/mol. The van der Waals surface area contributed by atoms with E-state index in [4.69, 9.17) is 9.47 Å². The van der Waals surface area contributed by atoms with Crippen molar-refractivity contribution in [2.45, 2.75) is 13.0 Å². The molecule has 1 aliphatic heterocycles. The summed E-state index contributed by atoms with van der Waals surface area (Å²) >= 11 is 0.